The summed E-state index contributed by atoms with van der Waals surface area (Å²) in [4.78, 5) is 20.1. The molecular weight excluding hydrogens is 202 g/mol. The van der Waals surface area contributed by atoms with Crippen LogP contribution in [0.1, 0.15) is 0 Å². The van der Waals surface area contributed by atoms with Gasteiger partial charge in [-0.25, -0.2) is 0 Å². The van der Waals surface area contributed by atoms with Gasteiger partial charge in [-0.3, -0.25) is 4.79 Å². The van der Waals surface area contributed by atoms with Gasteiger partial charge in [-0.05, 0) is 0 Å². The summed E-state index contributed by atoms with van der Waals surface area (Å²) in [5.41, 5.74) is 0. The lowest BCUT2D eigenvalue weighted by molar-refractivity contribution is -0.143. The van der Waals surface area contributed by atoms with Crippen molar-refractivity contribution in [3.05, 3.63) is 0 Å². The number of rotatable bonds is 2. The predicted molar refractivity (Wildman–Crippen MR) is 37.5 cm³/mol. The third-order valence-corrected chi connectivity index (χ3v) is 1.46. The highest BCUT2D eigenvalue weighted by atomic mass is 35.6. The Hall–Kier alpha value is 0.01000. The van der Waals surface area contributed by atoms with Gasteiger partial charge in [-0.2, -0.15) is 0 Å². The van der Waals surface area contributed by atoms with Crippen molar-refractivity contribution >= 4 is 47.1 Å². The number of hydrogen-bond acceptors (Lipinski definition) is 2. The van der Waals surface area contributed by atoms with Crippen LogP contribution in [-0.4, -0.2) is 21.2 Å². The molecule has 0 heterocycles. The smallest absolute Gasteiger partial charge is 0.318 e. The zero-order valence-corrected chi connectivity index (χ0v) is 6.82. The van der Waals surface area contributed by atoms with Crippen LogP contribution in [0.5, 0.6) is 0 Å². The van der Waals surface area contributed by atoms with Crippen LogP contribution in [0.4, 0.5) is 0 Å². The van der Waals surface area contributed by atoms with Crippen molar-refractivity contribution in [2.24, 2.45) is 5.92 Å². The molecule has 0 aliphatic carbocycles. The maximum absolute atomic E-state index is 10.1. The van der Waals surface area contributed by atoms with Crippen molar-refractivity contribution in [1.29, 1.82) is 0 Å². The number of carbonyl (C=O) groups is 2. The minimum atomic E-state index is -2.06. The third kappa shape index (κ3) is 2.73. The summed E-state index contributed by atoms with van der Waals surface area (Å²) in [6.07, 6.45) is 0.0787. The van der Waals surface area contributed by atoms with Crippen LogP contribution in [0.2, 0.25) is 0 Å². The molecular formula is C4H3Cl3O3. The van der Waals surface area contributed by atoms with Crippen LogP contribution in [-0.2, 0) is 9.59 Å². The Morgan fingerprint density at radius 2 is 1.90 bits per heavy atom. The van der Waals surface area contributed by atoms with Gasteiger partial charge in [0.25, 0.3) is 0 Å². The summed E-state index contributed by atoms with van der Waals surface area (Å²) in [5, 5.41) is 8.22. The molecule has 0 aromatic carbocycles. The maximum atomic E-state index is 10.1. The Kier molecular flexibility index (Phi) is 3.42. The van der Waals surface area contributed by atoms with E-state index in [1.54, 1.807) is 0 Å². The molecule has 0 aromatic rings. The third-order valence-electron chi connectivity index (χ3n) is 0.755. The van der Waals surface area contributed by atoms with E-state index in [1.165, 1.54) is 0 Å². The molecule has 0 aromatic heterocycles. The molecule has 6 heteroatoms. The summed E-state index contributed by atoms with van der Waals surface area (Å²) < 4.78 is -2.06. The van der Waals surface area contributed by atoms with Crippen molar-refractivity contribution < 1.29 is 14.7 Å². The van der Waals surface area contributed by atoms with Crippen LogP contribution in [0, 0.1) is 5.92 Å². The van der Waals surface area contributed by atoms with Gasteiger partial charge < -0.3 is 9.90 Å². The molecule has 0 aliphatic rings. The normalized spacial score (nSPS) is 14.3. The molecule has 0 spiro atoms. The topological polar surface area (TPSA) is 54.4 Å². The van der Waals surface area contributed by atoms with Crippen molar-refractivity contribution in [2.45, 2.75) is 3.79 Å². The Labute approximate surface area is 71.9 Å². The highest BCUT2D eigenvalue weighted by Gasteiger charge is 2.38. The minimum Gasteiger partial charge on any atom is -0.481 e. The number of carboxylic acids is 1. The summed E-state index contributed by atoms with van der Waals surface area (Å²) >= 11 is 15.3. The van der Waals surface area contributed by atoms with Gasteiger partial charge in [0, 0.05) is 0 Å². The SMILES string of the molecule is O=CC(C(=O)O)C(Cl)(Cl)Cl. The second-order valence-corrected chi connectivity index (χ2v) is 3.86. The zero-order valence-electron chi connectivity index (χ0n) is 4.55. The fourth-order valence-corrected chi connectivity index (χ4v) is 0.710. The van der Waals surface area contributed by atoms with Gasteiger partial charge in [0.2, 0.25) is 3.79 Å². The summed E-state index contributed by atoms with van der Waals surface area (Å²) in [7, 11) is 0. The molecule has 1 atom stereocenters. The van der Waals surface area contributed by atoms with Crippen LogP contribution >= 0.6 is 34.8 Å². The number of halogens is 3. The number of alkyl halides is 3. The van der Waals surface area contributed by atoms with Crippen LogP contribution in [0.3, 0.4) is 0 Å². The number of carboxylic acid groups (broad SMARTS) is 1. The molecule has 58 valence electrons. The molecule has 1 unspecified atom stereocenters. The average molecular weight is 205 g/mol. The molecule has 0 aliphatic heterocycles. The quantitative estimate of drug-likeness (QED) is 0.419. The number of aliphatic carboxylic acids is 1. The standard InChI is InChI=1S/C4H3Cl3O3/c5-4(6,7)2(1-8)3(9)10/h1-2H,(H,9,10). The van der Waals surface area contributed by atoms with Gasteiger partial charge in [0.05, 0.1) is 0 Å². The van der Waals surface area contributed by atoms with Crippen LogP contribution < -0.4 is 0 Å². The maximum Gasteiger partial charge on any atom is 0.318 e. The fraction of sp³-hybridized carbons (Fsp3) is 0.500. The Morgan fingerprint density at radius 3 is 1.90 bits per heavy atom. The molecule has 10 heavy (non-hydrogen) atoms. The lowest BCUT2D eigenvalue weighted by Gasteiger charge is -2.13. The predicted octanol–water partition coefficient (Wildman–Crippen LogP) is 1.26. The summed E-state index contributed by atoms with van der Waals surface area (Å²) in [6.45, 7) is 0. The van der Waals surface area contributed by atoms with Crippen LogP contribution in [0.15, 0.2) is 0 Å². The lowest BCUT2D eigenvalue weighted by atomic mass is 10.2. The molecule has 3 nitrogen and oxygen atoms in total. The first-order valence-electron chi connectivity index (χ1n) is 2.14. The summed E-state index contributed by atoms with van der Waals surface area (Å²) in [5.74, 6) is -3.05. The van der Waals surface area contributed by atoms with E-state index >= 15 is 0 Å². The van der Waals surface area contributed by atoms with E-state index in [0.717, 1.165) is 0 Å². The van der Waals surface area contributed by atoms with Crippen molar-refractivity contribution in [1.82, 2.24) is 0 Å². The van der Waals surface area contributed by atoms with Gasteiger partial charge in [0.1, 0.15) is 6.29 Å². The molecule has 0 saturated carbocycles. The van der Waals surface area contributed by atoms with Crippen molar-refractivity contribution in [2.75, 3.05) is 0 Å². The first kappa shape index (κ1) is 10.0. The molecule has 0 saturated heterocycles. The van der Waals surface area contributed by atoms with Crippen molar-refractivity contribution in [3.63, 3.8) is 0 Å². The van der Waals surface area contributed by atoms with E-state index in [9.17, 15) is 9.59 Å². The van der Waals surface area contributed by atoms with Gasteiger partial charge in [-0.1, -0.05) is 34.8 Å². The Bertz CT molecular complexity index is 150. The zero-order chi connectivity index (χ0) is 8.36. The van der Waals surface area contributed by atoms with Crippen molar-refractivity contribution in [3.8, 4) is 0 Å². The molecule has 0 rings (SSSR count). The van der Waals surface area contributed by atoms with E-state index in [0.29, 0.717) is 0 Å². The number of carbonyl (C=O) groups excluding carboxylic acids is 1. The molecule has 0 radical (unpaired) electrons. The van der Waals surface area contributed by atoms with E-state index in [2.05, 4.69) is 0 Å². The Balaban J connectivity index is 4.36. The van der Waals surface area contributed by atoms with Gasteiger partial charge in [-0.15, -0.1) is 0 Å². The van der Waals surface area contributed by atoms with Crippen LogP contribution in [0.25, 0.3) is 0 Å². The molecule has 0 bridgehead atoms. The first-order valence-corrected chi connectivity index (χ1v) is 3.27. The minimum absolute atomic E-state index is 0.0787. The second kappa shape index (κ2) is 3.42. The van der Waals surface area contributed by atoms with Gasteiger partial charge in [0.15, 0.2) is 5.92 Å². The van der Waals surface area contributed by atoms with E-state index < -0.39 is 15.7 Å². The van der Waals surface area contributed by atoms with E-state index in [4.69, 9.17) is 39.9 Å². The number of hydrogen-bond donors (Lipinski definition) is 1. The van der Waals surface area contributed by atoms with Gasteiger partial charge >= 0.3 is 5.97 Å². The molecule has 1 N–H and O–H groups in total. The summed E-state index contributed by atoms with van der Waals surface area (Å²) in [6, 6.07) is 0. The highest BCUT2D eigenvalue weighted by Crippen LogP contribution is 2.33. The lowest BCUT2D eigenvalue weighted by Crippen LogP contribution is -2.28. The highest BCUT2D eigenvalue weighted by molar-refractivity contribution is 6.69. The van der Waals surface area contributed by atoms with E-state index in [1.807, 2.05) is 0 Å². The fourth-order valence-electron chi connectivity index (χ4n) is 0.275. The average Bonchev–Trinajstić information content (AvgIpc) is 1.60. The molecule has 0 fully saturated rings. The largest absolute Gasteiger partial charge is 0.481 e. The second-order valence-electron chi connectivity index (χ2n) is 1.49. The monoisotopic (exact) mass is 204 g/mol. The first-order chi connectivity index (χ1) is 4.39. The number of aldehydes is 1. The van der Waals surface area contributed by atoms with E-state index in [-0.39, 0.29) is 6.29 Å². The Morgan fingerprint density at radius 1 is 1.50 bits per heavy atom. The molecule has 0 amide bonds.